The zero-order valence-electron chi connectivity index (χ0n) is 9.43. The Balaban J connectivity index is 2.19. The summed E-state index contributed by atoms with van der Waals surface area (Å²) in [6, 6.07) is 6.13. The Labute approximate surface area is 110 Å². The zero-order chi connectivity index (χ0) is 11.6. The van der Waals surface area contributed by atoms with Crippen molar-refractivity contribution in [1.82, 2.24) is 0 Å². The molecule has 88 valence electrons. The summed E-state index contributed by atoms with van der Waals surface area (Å²) >= 11 is 9.69. The lowest BCUT2D eigenvalue weighted by atomic mass is 9.67. The maximum absolute atomic E-state index is 6.09. The van der Waals surface area contributed by atoms with Crippen LogP contribution in [0.5, 0.6) is 5.75 Å². The summed E-state index contributed by atoms with van der Waals surface area (Å²) in [5.74, 6) is 1.68. The molecule has 16 heavy (non-hydrogen) atoms. The smallest absolute Gasteiger partial charge is 0.119 e. The van der Waals surface area contributed by atoms with Crippen molar-refractivity contribution in [1.29, 1.82) is 0 Å². The third-order valence-electron chi connectivity index (χ3n) is 3.52. The van der Waals surface area contributed by atoms with Crippen molar-refractivity contribution in [2.75, 3.05) is 13.0 Å². The number of methoxy groups -OCH3 is 1. The molecule has 0 N–H and O–H groups in total. The molecule has 0 saturated heterocycles. The normalized spacial score (nSPS) is 17.9. The highest BCUT2D eigenvalue weighted by Crippen LogP contribution is 2.45. The van der Waals surface area contributed by atoms with Crippen molar-refractivity contribution in [2.24, 2.45) is 5.41 Å². The van der Waals surface area contributed by atoms with E-state index in [1.807, 2.05) is 6.07 Å². The molecular formula is C13H16BrClO. The van der Waals surface area contributed by atoms with E-state index in [0.29, 0.717) is 5.41 Å². The van der Waals surface area contributed by atoms with Crippen LogP contribution in [-0.4, -0.2) is 13.0 Å². The monoisotopic (exact) mass is 302 g/mol. The molecule has 1 fully saturated rings. The van der Waals surface area contributed by atoms with Gasteiger partial charge in [-0.15, -0.1) is 11.6 Å². The molecule has 0 radical (unpaired) electrons. The minimum Gasteiger partial charge on any atom is -0.497 e. The first-order valence-corrected chi connectivity index (χ1v) is 6.90. The van der Waals surface area contributed by atoms with Crippen molar-refractivity contribution in [2.45, 2.75) is 25.7 Å². The Hall–Kier alpha value is -0.210. The summed E-state index contributed by atoms with van der Waals surface area (Å²) in [7, 11) is 1.70. The Morgan fingerprint density at radius 1 is 1.44 bits per heavy atom. The van der Waals surface area contributed by atoms with Gasteiger partial charge in [0, 0.05) is 10.4 Å². The topological polar surface area (TPSA) is 9.23 Å². The third-order valence-corrected chi connectivity index (χ3v) is 4.86. The van der Waals surface area contributed by atoms with Gasteiger partial charge in [0.25, 0.3) is 0 Å². The third kappa shape index (κ3) is 2.38. The van der Waals surface area contributed by atoms with E-state index in [0.717, 1.165) is 22.5 Å². The first-order valence-electron chi connectivity index (χ1n) is 5.57. The number of halogens is 2. The van der Waals surface area contributed by atoms with Crippen LogP contribution in [0.15, 0.2) is 22.7 Å². The lowest BCUT2D eigenvalue weighted by molar-refractivity contribution is 0.166. The van der Waals surface area contributed by atoms with Crippen molar-refractivity contribution < 1.29 is 4.74 Å². The van der Waals surface area contributed by atoms with Crippen LogP contribution >= 0.6 is 27.5 Å². The molecule has 1 nitrogen and oxygen atoms in total. The van der Waals surface area contributed by atoms with Gasteiger partial charge in [-0.05, 0) is 48.4 Å². The second kappa shape index (κ2) is 4.97. The Bertz CT molecular complexity index is 369. The summed E-state index contributed by atoms with van der Waals surface area (Å²) in [6.07, 6.45) is 4.86. The van der Waals surface area contributed by atoms with Crippen LogP contribution in [0.3, 0.4) is 0 Å². The number of benzene rings is 1. The summed E-state index contributed by atoms with van der Waals surface area (Å²) in [6.45, 7) is 0. The van der Waals surface area contributed by atoms with Gasteiger partial charge in [0.15, 0.2) is 0 Å². The highest BCUT2D eigenvalue weighted by atomic mass is 79.9. The SMILES string of the molecule is COc1ccc(Br)c(CC2(CCl)CCC2)c1. The van der Waals surface area contributed by atoms with Crippen molar-refractivity contribution >= 4 is 27.5 Å². The van der Waals surface area contributed by atoms with Gasteiger partial charge in [-0.25, -0.2) is 0 Å². The van der Waals surface area contributed by atoms with Crippen molar-refractivity contribution in [3.63, 3.8) is 0 Å². The van der Waals surface area contributed by atoms with Crippen LogP contribution in [-0.2, 0) is 6.42 Å². The Morgan fingerprint density at radius 3 is 2.69 bits per heavy atom. The predicted molar refractivity (Wildman–Crippen MR) is 71.4 cm³/mol. The van der Waals surface area contributed by atoms with Crippen molar-refractivity contribution in [3.05, 3.63) is 28.2 Å². The van der Waals surface area contributed by atoms with E-state index in [2.05, 4.69) is 28.1 Å². The number of rotatable bonds is 4. The van der Waals surface area contributed by atoms with E-state index in [1.165, 1.54) is 24.8 Å². The molecule has 1 aliphatic rings. The highest BCUT2D eigenvalue weighted by molar-refractivity contribution is 9.10. The summed E-state index contributed by atoms with van der Waals surface area (Å²) in [4.78, 5) is 0. The minimum atomic E-state index is 0.330. The van der Waals surface area contributed by atoms with Crippen LogP contribution < -0.4 is 4.74 Å². The molecule has 0 aliphatic heterocycles. The number of hydrogen-bond donors (Lipinski definition) is 0. The van der Waals surface area contributed by atoms with E-state index in [1.54, 1.807) is 7.11 Å². The fraction of sp³-hybridized carbons (Fsp3) is 0.538. The number of alkyl halides is 1. The van der Waals surface area contributed by atoms with E-state index >= 15 is 0 Å². The van der Waals surface area contributed by atoms with Crippen LogP contribution in [0.25, 0.3) is 0 Å². The summed E-state index contributed by atoms with van der Waals surface area (Å²) in [5.41, 5.74) is 1.64. The van der Waals surface area contributed by atoms with Gasteiger partial charge in [-0.1, -0.05) is 22.4 Å². The molecular weight excluding hydrogens is 287 g/mol. The maximum atomic E-state index is 6.09. The second-order valence-corrected chi connectivity index (χ2v) is 5.74. The molecule has 0 amide bonds. The molecule has 0 atom stereocenters. The molecule has 1 aromatic rings. The zero-order valence-corrected chi connectivity index (χ0v) is 11.8. The number of hydrogen-bond acceptors (Lipinski definition) is 1. The molecule has 1 aromatic carbocycles. The maximum Gasteiger partial charge on any atom is 0.119 e. The van der Waals surface area contributed by atoms with E-state index in [-0.39, 0.29) is 0 Å². The average molecular weight is 304 g/mol. The minimum absolute atomic E-state index is 0.330. The summed E-state index contributed by atoms with van der Waals surface area (Å²) < 4.78 is 6.41. The molecule has 0 bridgehead atoms. The van der Waals surface area contributed by atoms with Gasteiger partial charge < -0.3 is 4.74 Å². The van der Waals surface area contributed by atoms with Crippen LogP contribution in [0.2, 0.25) is 0 Å². The molecule has 0 spiro atoms. The van der Waals surface area contributed by atoms with Gasteiger partial charge in [0.05, 0.1) is 7.11 Å². The van der Waals surface area contributed by atoms with E-state index in [4.69, 9.17) is 16.3 Å². The largest absolute Gasteiger partial charge is 0.497 e. The Kier molecular flexibility index (Phi) is 3.81. The standard InChI is InChI=1S/C13H16BrClO/c1-16-11-3-4-12(14)10(7-11)8-13(9-15)5-2-6-13/h3-4,7H,2,5-6,8-9H2,1H3. The van der Waals surface area contributed by atoms with E-state index in [9.17, 15) is 0 Å². The first kappa shape index (κ1) is 12.3. The summed E-state index contributed by atoms with van der Waals surface area (Å²) in [5, 5.41) is 0. The predicted octanol–water partition coefficient (Wildman–Crippen LogP) is 4.41. The second-order valence-electron chi connectivity index (χ2n) is 4.62. The highest BCUT2D eigenvalue weighted by Gasteiger charge is 2.36. The van der Waals surface area contributed by atoms with Gasteiger partial charge in [0.2, 0.25) is 0 Å². The molecule has 1 aliphatic carbocycles. The lowest BCUT2D eigenvalue weighted by Crippen LogP contribution is -2.33. The average Bonchev–Trinajstić information content (AvgIpc) is 2.26. The van der Waals surface area contributed by atoms with Crippen LogP contribution in [0.1, 0.15) is 24.8 Å². The molecule has 0 heterocycles. The van der Waals surface area contributed by atoms with E-state index < -0.39 is 0 Å². The molecule has 3 heteroatoms. The van der Waals surface area contributed by atoms with Gasteiger partial charge >= 0.3 is 0 Å². The van der Waals surface area contributed by atoms with Crippen LogP contribution in [0.4, 0.5) is 0 Å². The molecule has 0 unspecified atom stereocenters. The number of ether oxygens (including phenoxy) is 1. The van der Waals surface area contributed by atoms with Gasteiger partial charge in [-0.3, -0.25) is 0 Å². The van der Waals surface area contributed by atoms with Crippen molar-refractivity contribution in [3.8, 4) is 5.75 Å². The molecule has 0 aromatic heterocycles. The van der Waals surface area contributed by atoms with Gasteiger partial charge in [0.1, 0.15) is 5.75 Å². The lowest BCUT2D eigenvalue weighted by Gasteiger charge is -2.40. The molecule has 1 saturated carbocycles. The Morgan fingerprint density at radius 2 is 2.19 bits per heavy atom. The first-order chi connectivity index (χ1) is 7.69. The molecule has 2 rings (SSSR count). The van der Waals surface area contributed by atoms with Crippen LogP contribution in [0, 0.1) is 5.41 Å². The van der Waals surface area contributed by atoms with Gasteiger partial charge in [-0.2, -0.15) is 0 Å². The fourth-order valence-electron chi connectivity index (χ4n) is 2.25. The quantitative estimate of drug-likeness (QED) is 0.749. The fourth-order valence-corrected chi connectivity index (χ4v) is 3.00.